The molecule has 0 aliphatic carbocycles. The molecular formula is C23H23N3O3S. The molecule has 2 aromatic heterocycles. The number of aryl methyl sites for hydroxylation is 1. The Morgan fingerprint density at radius 3 is 2.60 bits per heavy atom. The lowest BCUT2D eigenvalue weighted by atomic mass is 10.1. The van der Waals surface area contributed by atoms with Gasteiger partial charge >= 0.3 is 5.63 Å². The predicted octanol–water partition coefficient (Wildman–Crippen LogP) is 4.56. The van der Waals surface area contributed by atoms with Crippen molar-refractivity contribution in [2.45, 2.75) is 44.1 Å². The second kappa shape index (κ2) is 8.75. The Kier molecular flexibility index (Phi) is 5.90. The third kappa shape index (κ3) is 4.11. The number of fused-ring (bicyclic) bond motifs is 1. The number of hydrogen-bond acceptors (Lipinski definition) is 6. The number of rotatable bonds is 7. The monoisotopic (exact) mass is 421 g/mol. The number of hydrogen-bond donors (Lipinski definition) is 1. The van der Waals surface area contributed by atoms with Crippen LogP contribution in [0.3, 0.4) is 0 Å². The van der Waals surface area contributed by atoms with Crippen molar-refractivity contribution in [2.24, 2.45) is 0 Å². The topological polar surface area (TPSA) is 81.2 Å². The van der Waals surface area contributed by atoms with Crippen molar-refractivity contribution >= 4 is 22.7 Å². The summed E-state index contributed by atoms with van der Waals surface area (Å²) in [6, 6.07) is 15.1. The number of thioether (sulfide) groups is 1. The standard InChI is InChI=1S/C23H23N3O3S/c1-3-16-11-18-17(12-22(28)29-20(18)13-19(16)27)14-30-23-25-24-21(26(23)4-2)10-15-8-6-5-7-9-15/h5-9,11-13,27H,3-4,10,14H2,1-2H3. The van der Waals surface area contributed by atoms with Gasteiger partial charge in [-0.25, -0.2) is 4.79 Å². The highest BCUT2D eigenvalue weighted by molar-refractivity contribution is 7.98. The molecule has 2 heterocycles. The fraction of sp³-hybridized carbons (Fsp3) is 0.261. The number of aromatic hydroxyl groups is 1. The summed E-state index contributed by atoms with van der Waals surface area (Å²) in [5.74, 6) is 1.62. The van der Waals surface area contributed by atoms with Crippen molar-refractivity contribution in [3.05, 3.63) is 81.5 Å². The molecule has 154 valence electrons. The molecule has 0 atom stereocenters. The molecule has 0 saturated carbocycles. The third-order valence-corrected chi connectivity index (χ3v) is 6.10. The molecule has 0 unspecified atom stereocenters. The lowest BCUT2D eigenvalue weighted by Crippen LogP contribution is -2.05. The zero-order valence-corrected chi connectivity index (χ0v) is 17.8. The van der Waals surface area contributed by atoms with E-state index in [0.717, 1.165) is 40.5 Å². The van der Waals surface area contributed by atoms with E-state index in [1.165, 1.54) is 17.7 Å². The highest BCUT2D eigenvalue weighted by Crippen LogP contribution is 2.30. The molecule has 0 aliphatic rings. The minimum absolute atomic E-state index is 0.147. The van der Waals surface area contributed by atoms with Gasteiger partial charge in [-0.3, -0.25) is 0 Å². The van der Waals surface area contributed by atoms with Crippen LogP contribution >= 0.6 is 11.8 Å². The summed E-state index contributed by atoms with van der Waals surface area (Å²) in [7, 11) is 0. The van der Waals surface area contributed by atoms with Crippen LogP contribution in [0.1, 0.15) is 36.4 Å². The smallest absolute Gasteiger partial charge is 0.336 e. The molecule has 7 heteroatoms. The summed E-state index contributed by atoms with van der Waals surface area (Å²) in [6.07, 6.45) is 1.42. The number of nitrogens with zero attached hydrogens (tertiary/aromatic N) is 3. The molecule has 6 nitrogen and oxygen atoms in total. The van der Waals surface area contributed by atoms with Gasteiger partial charge in [0, 0.05) is 36.2 Å². The largest absolute Gasteiger partial charge is 0.508 e. The number of benzene rings is 2. The first-order chi connectivity index (χ1) is 14.6. The molecule has 2 aromatic carbocycles. The Labute approximate surface area is 178 Å². The molecule has 0 radical (unpaired) electrons. The Morgan fingerprint density at radius 1 is 1.07 bits per heavy atom. The molecule has 0 aliphatic heterocycles. The second-order valence-electron chi connectivity index (χ2n) is 7.02. The molecule has 0 spiro atoms. The maximum absolute atomic E-state index is 12.0. The number of aromatic nitrogens is 3. The summed E-state index contributed by atoms with van der Waals surface area (Å²) in [5, 5.41) is 20.5. The zero-order chi connectivity index (χ0) is 21.1. The Morgan fingerprint density at radius 2 is 1.87 bits per heavy atom. The average molecular weight is 422 g/mol. The SMILES string of the molecule is CCc1cc2c(CSc3nnc(Cc4ccccc4)n3CC)cc(=O)oc2cc1O. The normalized spacial score (nSPS) is 11.3. The van der Waals surface area contributed by atoms with Crippen LogP contribution in [0.25, 0.3) is 11.0 Å². The van der Waals surface area contributed by atoms with Gasteiger partial charge in [-0.15, -0.1) is 10.2 Å². The first-order valence-corrected chi connectivity index (χ1v) is 10.9. The summed E-state index contributed by atoms with van der Waals surface area (Å²) < 4.78 is 7.40. The zero-order valence-electron chi connectivity index (χ0n) is 17.0. The number of phenolic OH excluding ortho intramolecular Hbond substituents is 1. The van der Waals surface area contributed by atoms with E-state index >= 15 is 0 Å². The fourth-order valence-electron chi connectivity index (χ4n) is 3.50. The van der Waals surface area contributed by atoms with Crippen molar-refractivity contribution in [3.63, 3.8) is 0 Å². The van der Waals surface area contributed by atoms with Gasteiger partial charge in [-0.05, 0) is 36.1 Å². The van der Waals surface area contributed by atoms with Gasteiger partial charge < -0.3 is 14.1 Å². The van der Waals surface area contributed by atoms with Crippen LogP contribution in [0.5, 0.6) is 5.75 Å². The van der Waals surface area contributed by atoms with E-state index in [9.17, 15) is 9.90 Å². The van der Waals surface area contributed by atoms with Gasteiger partial charge in [0.2, 0.25) is 0 Å². The second-order valence-corrected chi connectivity index (χ2v) is 7.96. The van der Waals surface area contributed by atoms with Crippen LogP contribution < -0.4 is 5.63 Å². The van der Waals surface area contributed by atoms with Gasteiger partial charge in [0.05, 0.1) is 0 Å². The predicted molar refractivity (Wildman–Crippen MR) is 118 cm³/mol. The van der Waals surface area contributed by atoms with E-state index in [1.54, 1.807) is 11.8 Å². The minimum Gasteiger partial charge on any atom is -0.508 e. The molecule has 0 fully saturated rings. The molecule has 4 aromatic rings. The van der Waals surface area contributed by atoms with Crippen LogP contribution in [0, 0.1) is 0 Å². The highest BCUT2D eigenvalue weighted by Gasteiger charge is 2.15. The minimum atomic E-state index is -0.427. The van der Waals surface area contributed by atoms with Crippen LogP contribution in [0.15, 0.2) is 62.9 Å². The highest BCUT2D eigenvalue weighted by atomic mass is 32.2. The molecule has 0 saturated heterocycles. The van der Waals surface area contributed by atoms with Crippen molar-refractivity contribution in [3.8, 4) is 5.75 Å². The van der Waals surface area contributed by atoms with Crippen molar-refractivity contribution in [2.75, 3.05) is 0 Å². The molecule has 1 N–H and O–H groups in total. The fourth-order valence-corrected chi connectivity index (χ4v) is 4.52. The third-order valence-electron chi connectivity index (χ3n) is 5.08. The van der Waals surface area contributed by atoms with Crippen molar-refractivity contribution in [1.82, 2.24) is 14.8 Å². The van der Waals surface area contributed by atoms with Gasteiger partial charge in [0.1, 0.15) is 17.2 Å². The molecule has 4 rings (SSSR count). The Bertz CT molecular complexity index is 1230. The van der Waals surface area contributed by atoms with E-state index in [4.69, 9.17) is 4.42 Å². The Hall–Kier alpha value is -3.06. The van der Waals surface area contributed by atoms with E-state index in [-0.39, 0.29) is 5.75 Å². The van der Waals surface area contributed by atoms with E-state index in [2.05, 4.69) is 33.8 Å². The lowest BCUT2D eigenvalue weighted by Gasteiger charge is -2.10. The quantitative estimate of drug-likeness (QED) is 0.348. The van der Waals surface area contributed by atoms with Crippen LogP contribution in [0.2, 0.25) is 0 Å². The summed E-state index contributed by atoms with van der Waals surface area (Å²) >= 11 is 1.54. The van der Waals surface area contributed by atoms with Crippen molar-refractivity contribution in [1.29, 1.82) is 0 Å². The summed E-state index contributed by atoms with van der Waals surface area (Å²) in [5.41, 5.74) is 2.84. The van der Waals surface area contributed by atoms with Gasteiger partial charge in [0.25, 0.3) is 0 Å². The Balaban J connectivity index is 1.62. The van der Waals surface area contributed by atoms with Gasteiger partial charge in [0.15, 0.2) is 5.16 Å². The maximum atomic E-state index is 12.0. The molecule has 0 amide bonds. The first kappa shape index (κ1) is 20.2. The van der Waals surface area contributed by atoms with Crippen molar-refractivity contribution < 1.29 is 9.52 Å². The first-order valence-electron chi connectivity index (χ1n) is 9.96. The maximum Gasteiger partial charge on any atom is 0.336 e. The van der Waals surface area contributed by atoms with Crippen LogP contribution in [-0.2, 0) is 25.1 Å². The van der Waals surface area contributed by atoms with Crippen LogP contribution in [0.4, 0.5) is 0 Å². The molecule has 30 heavy (non-hydrogen) atoms. The molecular weight excluding hydrogens is 398 g/mol. The van der Waals surface area contributed by atoms with Gasteiger partial charge in [-0.2, -0.15) is 0 Å². The van der Waals surface area contributed by atoms with Gasteiger partial charge in [-0.1, -0.05) is 49.0 Å². The van der Waals surface area contributed by atoms with E-state index in [1.807, 2.05) is 31.2 Å². The lowest BCUT2D eigenvalue weighted by molar-refractivity contribution is 0.466. The average Bonchev–Trinajstić information content (AvgIpc) is 3.13. The number of phenols is 1. The van der Waals surface area contributed by atoms with Crippen LogP contribution in [-0.4, -0.2) is 19.9 Å². The summed E-state index contributed by atoms with van der Waals surface area (Å²) in [4.78, 5) is 12.0. The van der Waals surface area contributed by atoms with E-state index < -0.39 is 5.63 Å². The van der Waals surface area contributed by atoms with E-state index in [0.29, 0.717) is 17.8 Å². The summed E-state index contributed by atoms with van der Waals surface area (Å²) in [6.45, 7) is 4.82. The molecule has 0 bridgehead atoms.